The van der Waals surface area contributed by atoms with E-state index in [0.29, 0.717) is 21.8 Å². The molecule has 0 aliphatic carbocycles. The Morgan fingerprint density at radius 1 is 1.04 bits per heavy atom. The summed E-state index contributed by atoms with van der Waals surface area (Å²) in [5.74, 6) is -0.452. The number of amides is 1. The fourth-order valence-corrected chi connectivity index (χ4v) is 5.29. The quantitative estimate of drug-likeness (QED) is 0.739. The van der Waals surface area contributed by atoms with Crippen molar-refractivity contribution in [1.82, 2.24) is 0 Å². The van der Waals surface area contributed by atoms with E-state index in [0.717, 1.165) is 5.39 Å². The van der Waals surface area contributed by atoms with Crippen LogP contribution in [0.2, 0.25) is 5.02 Å². The zero-order valence-electron chi connectivity index (χ0n) is 13.8. The predicted octanol–water partition coefficient (Wildman–Crippen LogP) is 4.03. The first-order chi connectivity index (χ1) is 12.4. The highest BCUT2D eigenvalue weighted by atomic mass is 35.5. The molecule has 1 atom stereocenters. The second kappa shape index (κ2) is 6.00. The van der Waals surface area contributed by atoms with Gasteiger partial charge in [0.25, 0.3) is 10.0 Å². The molecule has 7 heteroatoms. The molecule has 1 N–H and O–H groups in total. The molecular formula is C19H15ClN2O3S. The maximum absolute atomic E-state index is 13.1. The number of hydrogen-bond acceptors (Lipinski definition) is 3. The third kappa shape index (κ3) is 2.45. The van der Waals surface area contributed by atoms with Crippen LogP contribution in [0.25, 0.3) is 10.8 Å². The van der Waals surface area contributed by atoms with Gasteiger partial charge in [0.15, 0.2) is 0 Å². The highest BCUT2D eigenvalue weighted by Gasteiger charge is 2.40. The SMILES string of the molecule is CC(C(=O)Nc1ccccc1Cl)N1c2cccc3cccc(c23)S1(=O)=O. The predicted molar refractivity (Wildman–Crippen MR) is 103 cm³/mol. The van der Waals surface area contributed by atoms with E-state index in [2.05, 4.69) is 5.32 Å². The van der Waals surface area contributed by atoms with E-state index in [9.17, 15) is 13.2 Å². The lowest BCUT2D eigenvalue weighted by Gasteiger charge is -2.25. The zero-order chi connectivity index (χ0) is 18.5. The molecule has 26 heavy (non-hydrogen) atoms. The van der Waals surface area contributed by atoms with Crippen LogP contribution in [0.4, 0.5) is 11.4 Å². The Morgan fingerprint density at radius 3 is 2.46 bits per heavy atom. The fourth-order valence-electron chi connectivity index (χ4n) is 3.24. The van der Waals surface area contributed by atoms with E-state index >= 15 is 0 Å². The number of rotatable bonds is 3. The second-order valence-corrected chi connectivity index (χ2v) is 8.27. The van der Waals surface area contributed by atoms with Crippen LogP contribution >= 0.6 is 11.6 Å². The molecule has 0 fully saturated rings. The molecule has 4 rings (SSSR count). The summed E-state index contributed by atoms with van der Waals surface area (Å²) in [7, 11) is -3.81. The lowest BCUT2D eigenvalue weighted by Crippen LogP contribution is -2.44. The summed E-state index contributed by atoms with van der Waals surface area (Å²) in [6, 6.07) is 16.4. The second-order valence-electron chi connectivity index (χ2n) is 6.08. The minimum atomic E-state index is -3.81. The van der Waals surface area contributed by atoms with Crippen LogP contribution < -0.4 is 9.62 Å². The third-order valence-electron chi connectivity index (χ3n) is 4.48. The highest BCUT2D eigenvalue weighted by molar-refractivity contribution is 7.93. The summed E-state index contributed by atoms with van der Waals surface area (Å²) < 4.78 is 27.3. The maximum atomic E-state index is 13.1. The standard InChI is InChI=1S/C19H15ClN2O3S/c1-12(19(23)21-15-9-3-2-8-14(15)20)22-16-10-4-6-13-7-5-11-17(18(13)16)26(22,24)25/h2-12H,1H3,(H,21,23). The summed E-state index contributed by atoms with van der Waals surface area (Å²) in [5.41, 5.74) is 0.957. The average molecular weight is 387 g/mol. The van der Waals surface area contributed by atoms with E-state index in [1.54, 1.807) is 55.5 Å². The largest absolute Gasteiger partial charge is 0.323 e. The Morgan fingerprint density at radius 2 is 1.73 bits per heavy atom. The Hall–Kier alpha value is -2.57. The Labute approximate surface area is 156 Å². The van der Waals surface area contributed by atoms with Gasteiger partial charge >= 0.3 is 0 Å². The molecule has 0 radical (unpaired) electrons. The summed E-state index contributed by atoms with van der Waals surface area (Å²) in [5, 5.41) is 4.57. The molecule has 1 unspecified atom stereocenters. The minimum Gasteiger partial charge on any atom is -0.323 e. The monoisotopic (exact) mass is 386 g/mol. The first-order valence-electron chi connectivity index (χ1n) is 8.03. The summed E-state index contributed by atoms with van der Waals surface area (Å²) in [4.78, 5) is 13.0. The van der Waals surface area contributed by atoms with E-state index in [4.69, 9.17) is 11.6 Å². The number of halogens is 1. The molecule has 3 aromatic carbocycles. The first kappa shape index (κ1) is 16.9. The molecule has 0 aromatic heterocycles. The van der Waals surface area contributed by atoms with Crippen molar-refractivity contribution in [3.05, 3.63) is 65.7 Å². The van der Waals surface area contributed by atoms with Gasteiger partial charge in [-0.15, -0.1) is 0 Å². The zero-order valence-corrected chi connectivity index (χ0v) is 15.4. The van der Waals surface area contributed by atoms with Crippen molar-refractivity contribution in [2.24, 2.45) is 0 Å². The molecule has 0 bridgehead atoms. The fraction of sp³-hybridized carbons (Fsp3) is 0.105. The molecule has 1 amide bonds. The van der Waals surface area contributed by atoms with Crippen molar-refractivity contribution in [2.45, 2.75) is 17.9 Å². The van der Waals surface area contributed by atoms with Gasteiger partial charge in [-0.05, 0) is 36.6 Å². The van der Waals surface area contributed by atoms with Crippen LogP contribution in [0.3, 0.4) is 0 Å². The number of benzene rings is 3. The molecule has 0 saturated heterocycles. The van der Waals surface area contributed by atoms with E-state index < -0.39 is 22.0 Å². The number of carbonyl (C=O) groups is 1. The Bertz CT molecular complexity index is 1140. The van der Waals surface area contributed by atoms with Crippen LogP contribution in [0.1, 0.15) is 6.92 Å². The van der Waals surface area contributed by atoms with Gasteiger partial charge in [0, 0.05) is 5.39 Å². The number of nitrogens with one attached hydrogen (secondary N) is 1. The van der Waals surface area contributed by atoms with Crippen LogP contribution in [0, 0.1) is 0 Å². The summed E-state index contributed by atoms with van der Waals surface area (Å²) in [6.45, 7) is 1.56. The molecule has 1 aliphatic rings. The van der Waals surface area contributed by atoms with Crippen molar-refractivity contribution in [3.63, 3.8) is 0 Å². The van der Waals surface area contributed by atoms with Gasteiger partial charge in [-0.2, -0.15) is 0 Å². The van der Waals surface area contributed by atoms with E-state index in [-0.39, 0.29) is 4.90 Å². The van der Waals surface area contributed by atoms with Gasteiger partial charge in [0.05, 0.1) is 21.3 Å². The summed E-state index contributed by atoms with van der Waals surface area (Å²) in [6.07, 6.45) is 0. The van der Waals surface area contributed by atoms with Gasteiger partial charge in [-0.1, -0.05) is 48.0 Å². The van der Waals surface area contributed by atoms with Crippen molar-refractivity contribution < 1.29 is 13.2 Å². The smallest absolute Gasteiger partial charge is 0.265 e. The van der Waals surface area contributed by atoms with Gasteiger partial charge in [0.2, 0.25) is 5.91 Å². The molecule has 0 spiro atoms. The number of carbonyl (C=O) groups excluding carboxylic acids is 1. The normalized spacial score (nSPS) is 15.8. The van der Waals surface area contributed by atoms with Gasteiger partial charge < -0.3 is 5.32 Å². The first-order valence-corrected chi connectivity index (χ1v) is 9.84. The van der Waals surface area contributed by atoms with Gasteiger partial charge in [0.1, 0.15) is 6.04 Å². The molecule has 0 saturated carbocycles. The Kier molecular flexibility index (Phi) is 3.89. The third-order valence-corrected chi connectivity index (χ3v) is 6.74. The number of anilines is 2. The lowest BCUT2D eigenvalue weighted by molar-refractivity contribution is -0.116. The number of sulfonamides is 1. The van der Waals surface area contributed by atoms with Gasteiger partial charge in [-0.3, -0.25) is 9.10 Å². The minimum absolute atomic E-state index is 0.225. The average Bonchev–Trinajstić information content (AvgIpc) is 2.85. The van der Waals surface area contributed by atoms with Gasteiger partial charge in [-0.25, -0.2) is 8.42 Å². The van der Waals surface area contributed by atoms with Crippen molar-refractivity contribution in [1.29, 1.82) is 0 Å². The van der Waals surface area contributed by atoms with Crippen LogP contribution in [-0.2, 0) is 14.8 Å². The topological polar surface area (TPSA) is 66.5 Å². The lowest BCUT2D eigenvalue weighted by atomic mass is 10.1. The molecule has 132 valence electrons. The molecule has 3 aromatic rings. The van der Waals surface area contributed by atoms with Crippen molar-refractivity contribution >= 4 is 49.7 Å². The van der Waals surface area contributed by atoms with E-state index in [1.807, 2.05) is 12.1 Å². The van der Waals surface area contributed by atoms with E-state index in [1.165, 1.54) is 4.31 Å². The molecule has 5 nitrogen and oxygen atoms in total. The maximum Gasteiger partial charge on any atom is 0.265 e. The number of nitrogens with zero attached hydrogens (tertiary/aromatic N) is 1. The molecule has 1 aliphatic heterocycles. The van der Waals surface area contributed by atoms with Crippen LogP contribution in [0.5, 0.6) is 0 Å². The highest BCUT2D eigenvalue weighted by Crippen LogP contribution is 2.43. The molecular weight excluding hydrogens is 372 g/mol. The number of para-hydroxylation sites is 1. The molecule has 1 heterocycles. The number of hydrogen-bond donors (Lipinski definition) is 1. The van der Waals surface area contributed by atoms with Crippen molar-refractivity contribution in [2.75, 3.05) is 9.62 Å². The van der Waals surface area contributed by atoms with Crippen LogP contribution in [0.15, 0.2) is 65.6 Å². The summed E-state index contributed by atoms with van der Waals surface area (Å²) >= 11 is 6.08. The van der Waals surface area contributed by atoms with Crippen LogP contribution in [-0.4, -0.2) is 20.4 Å². The van der Waals surface area contributed by atoms with Crippen molar-refractivity contribution in [3.8, 4) is 0 Å². The Balaban J connectivity index is 1.75.